The van der Waals surface area contributed by atoms with Crippen molar-refractivity contribution in [3.05, 3.63) is 85.5 Å². The number of rotatable bonds is 18. The van der Waals surface area contributed by atoms with Crippen LogP contribution in [0.4, 0.5) is 0 Å². The van der Waals surface area contributed by atoms with Crippen LogP contribution >= 0.6 is 15.9 Å². The molecule has 2 aromatic carbocycles. The van der Waals surface area contributed by atoms with Crippen LogP contribution in [0.1, 0.15) is 50.2 Å². The number of likely N-dealkylation sites (tertiary alicyclic amines) is 1. The standard InChI is InChI=1S/C38H45BrN6O7/c1-3-5-18-30(47)40-23-29(25-14-8-6-9-15-25)51-37(50)31-32-35(48)44(20-12-7-13-21-46)34(38(32)22-26(39)33(31)52-38)36(49)43(19-4-2)24-45-28-17-11-10-16-27(28)41-42-45/h3-4,6,8-11,14-17,26,29,31-34,46H,1-2,5,7,12-13,18-24H2,(H,40,47)/t26?,29-,31+,32-,33+,34+,38-/m0/s1. The number of ether oxygens (including phenoxy) is 2. The van der Waals surface area contributed by atoms with Crippen molar-refractivity contribution in [1.82, 2.24) is 30.1 Å². The molecule has 3 aliphatic rings. The van der Waals surface area contributed by atoms with Crippen LogP contribution in [0.2, 0.25) is 0 Å². The molecule has 3 aliphatic heterocycles. The van der Waals surface area contributed by atoms with Gasteiger partial charge in [0.05, 0.1) is 30.0 Å². The molecule has 276 valence electrons. The molecule has 3 aromatic rings. The summed E-state index contributed by atoms with van der Waals surface area (Å²) in [4.78, 5) is 59.1. The number of alkyl halides is 1. The van der Waals surface area contributed by atoms with Gasteiger partial charge in [-0.15, -0.1) is 18.3 Å². The maximum absolute atomic E-state index is 14.9. The van der Waals surface area contributed by atoms with Gasteiger partial charge in [-0.05, 0) is 49.8 Å². The fourth-order valence-electron chi connectivity index (χ4n) is 7.86. The van der Waals surface area contributed by atoms with Gasteiger partial charge in [0.15, 0.2) is 0 Å². The molecule has 3 saturated heterocycles. The van der Waals surface area contributed by atoms with E-state index < -0.39 is 41.7 Å². The number of para-hydroxylation sites is 1. The predicted molar refractivity (Wildman–Crippen MR) is 196 cm³/mol. The van der Waals surface area contributed by atoms with Crippen molar-refractivity contribution in [2.75, 3.05) is 26.2 Å². The molecule has 13 nitrogen and oxygen atoms in total. The zero-order valence-corrected chi connectivity index (χ0v) is 30.6. The van der Waals surface area contributed by atoms with Crippen molar-refractivity contribution in [1.29, 1.82) is 0 Å². The van der Waals surface area contributed by atoms with E-state index in [1.807, 2.05) is 54.6 Å². The number of unbranched alkanes of at least 4 members (excludes halogenated alkanes) is 2. The molecule has 1 aromatic heterocycles. The van der Waals surface area contributed by atoms with Crippen LogP contribution in [-0.2, 0) is 35.3 Å². The molecular formula is C38H45BrN6O7. The summed E-state index contributed by atoms with van der Waals surface area (Å²) in [6.45, 7) is 8.07. The molecule has 0 radical (unpaired) electrons. The molecule has 1 spiro atoms. The van der Waals surface area contributed by atoms with Crippen LogP contribution in [0.15, 0.2) is 79.9 Å². The Bertz CT molecular complexity index is 1790. The number of aliphatic hydroxyl groups excluding tert-OH is 1. The average molecular weight is 778 g/mol. The number of allylic oxidation sites excluding steroid dienone is 1. The van der Waals surface area contributed by atoms with E-state index >= 15 is 0 Å². The quantitative estimate of drug-likeness (QED) is 0.0852. The van der Waals surface area contributed by atoms with Gasteiger partial charge in [0.2, 0.25) is 17.7 Å². The first-order valence-electron chi connectivity index (χ1n) is 17.8. The fraction of sp³-hybridized carbons (Fsp3) is 0.474. The van der Waals surface area contributed by atoms with Crippen molar-refractivity contribution in [3.63, 3.8) is 0 Å². The second-order valence-corrected chi connectivity index (χ2v) is 14.7. The number of benzene rings is 2. The number of nitrogens with zero attached hydrogens (tertiary/aromatic N) is 5. The Hall–Kier alpha value is -4.40. The average Bonchev–Trinajstić information content (AvgIpc) is 3.87. The highest BCUT2D eigenvalue weighted by atomic mass is 79.9. The van der Waals surface area contributed by atoms with Gasteiger partial charge in [0.25, 0.3) is 0 Å². The molecule has 52 heavy (non-hydrogen) atoms. The van der Waals surface area contributed by atoms with Crippen molar-refractivity contribution < 1.29 is 33.8 Å². The molecule has 7 atom stereocenters. The van der Waals surface area contributed by atoms with Gasteiger partial charge in [-0.1, -0.05) is 75.8 Å². The van der Waals surface area contributed by atoms with Gasteiger partial charge in [0, 0.05) is 30.9 Å². The van der Waals surface area contributed by atoms with Crippen molar-refractivity contribution >= 4 is 50.7 Å². The molecule has 2 bridgehead atoms. The maximum Gasteiger partial charge on any atom is 0.313 e. The Labute approximate surface area is 311 Å². The molecule has 3 fully saturated rings. The van der Waals surface area contributed by atoms with Crippen LogP contribution < -0.4 is 5.32 Å². The summed E-state index contributed by atoms with van der Waals surface area (Å²) >= 11 is 3.73. The van der Waals surface area contributed by atoms with Crippen LogP contribution in [0.25, 0.3) is 11.0 Å². The lowest BCUT2D eigenvalue weighted by Gasteiger charge is -2.37. The number of esters is 1. The van der Waals surface area contributed by atoms with E-state index in [0.29, 0.717) is 43.2 Å². The summed E-state index contributed by atoms with van der Waals surface area (Å²) in [5.41, 5.74) is 0.805. The van der Waals surface area contributed by atoms with Crippen LogP contribution in [-0.4, -0.2) is 102 Å². The molecule has 3 amide bonds. The number of nitrogens with one attached hydrogen (secondary N) is 1. The minimum absolute atomic E-state index is 0.0170. The zero-order chi connectivity index (χ0) is 36.8. The Balaban J connectivity index is 1.31. The second kappa shape index (κ2) is 16.5. The summed E-state index contributed by atoms with van der Waals surface area (Å²) in [7, 11) is 0. The molecule has 4 heterocycles. The molecule has 6 rings (SSSR count). The number of aromatic nitrogens is 3. The van der Waals surface area contributed by atoms with E-state index in [0.717, 1.165) is 5.52 Å². The fourth-order valence-corrected chi connectivity index (χ4v) is 8.80. The van der Waals surface area contributed by atoms with E-state index in [-0.39, 0.29) is 61.9 Å². The third kappa shape index (κ3) is 7.28. The highest BCUT2D eigenvalue weighted by Gasteiger charge is 2.77. The third-order valence-corrected chi connectivity index (χ3v) is 11.1. The molecule has 2 N–H and O–H groups in total. The normalized spacial score (nSPS) is 25.2. The first kappa shape index (κ1) is 37.4. The SMILES string of the molecule is C=CCCC(=O)NC[C@H](OC(=O)[C@H]1[C@@H]2O[C@@]3(CC2Br)[C@@H]1C(=O)N(CCCCCO)[C@@H]3C(=O)N(CC=C)Cn1nnc2ccccc21)c1ccccc1. The number of fused-ring (bicyclic) bond motifs is 2. The summed E-state index contributed by atoms with van der Waals surface area (Å²) in [5.74, 6) is -3.50. The number of carbonyl (C=O) groups excluding carboxylic acids is 4. The van der Waals surface area contributed by atoms with E-state index in [1.165, 1.54) is 0 Å². The van der Waals surface area contributed by atoms with Gasteiger partial charge in [-0.25, -0.2) is 4.68 Å². The number of hydrogen-bond acceptors (Lipinski definition) is 9. The topological polar surface area (TPSA) is 156 Å². The number of halogens is 1. The first-order valence-corrected chi connectivity index (χ1v) is 18.7. The summed E-state index contributed by atoms with van der Waals surface area (Å²) in [6.07, 6.45) is 4.58. The number of amides is 3. The van der Waals surface area contributed by atoms with E-state index in [9.17, 15) is 24.3 Å². The van der Waals surface area contributed by atoms with Gasteiger partial charge < -0.3 is 29.7 Å². The number of hydrogen-bond donors (Lipinski definition) is 2. The summed E-state index contributed by atoms with van der Waals surface area (Å²) in [6, 6.07) is 15.5. The smallest absolute Gasteiger partial charge is 0.313 e. The Morgan fingerprint density at radius 3 is 2.63 bits per heavy atom. The zero-order valence-electron chi connectivity index (χ0n) is 29.0. The van der Waals surface area contributed by atoms with E-state index in [4.69, 9.17) is 9.47 Å². The Morgan fingerprint density at radius 2 is 1.88 bits per heavy atom. The largest absolute Gasteiger partial charge is 0.455 e. The maximum atomic E-state index is 14.9. The lowest BCUT2D eigenvalue weighted by molar-refractivity contribution is -0.160. The molecular weight excluding hydrogens is 732 g/mol. The highest BCUT2D eigenvalue weighted by Crippen LogP contribution is 2.60. The van der Waals surface area contributed by atoms with Crippen LogP contribution in [0.5, 0.6) is 0 Å². The number of aliphatic hydroxyl groups is 1. The molecule has 14 heteroatoms. The first-order chi connectivity index (χ1) is 25.2. The highest BCUT2D eigenvalue weighted by molar-refractivity contribution is 9.09. The number of carbonyl (C=O) groups is 4. The minimum atomic E-state index is -1.31. The van der Waals surface area contributed by atoms with Gasteiger partial charge in [0.1, 0.15) is 29.9 Å². The lowest BCUT2D eigenvalue weighted by atomic mass is 9.70. The lowest BCUT2D eigenvalue weighted by Crippen LogP contribution is -2.57. The Kier molecular flexibility index (Phi) is 11.9. The van der Waals surface area contributed by atoms with E-state index in [1.54, 1.807) is 26.6 Å². The third-order valence-electron chi connectivity index (χ3n) is 10.2. The monoisotopic (exact) mass is 776 g/mol. The van der Waals surface area contributed by atoms with E-state index in [2.05, 4.69) is 44.7 Å². The molecule has 0 saturated carbocycles. The van der Waals surface area contributed by atoms with Gasteiger partial charge >= 0.3 is 5.97 Å². The minimum Gasteiger partial charge on any atom is -0.455 e. The molecule has 1 unspecified atom stereocenters. The summed E-state index contributed by atoms with van der Waals surface area (Å²) < 4.78 is 14.5. The van der Waals surface area contributed by atoms with Crippen molar-refractivity contribution in [3.8, 4) is 0 Å². The Morgan fingerprint density at radius 1 is 1.12 bits per heavy atom. The molecule has 0 aliphatic carbocycles. The van der Waals surface area contributed by atoms with Crippen LogP contribution in [0, 0.1) is 11.8 Å². The van der Waals surface area contributed by atoms with Crippen molar-refractivity contribution in [2.24, 2.45) is 11.8 Å². The second-order valence-electron chi connectivity index (χ2n) is 13.5. The van der Waals surface area contributed by atoms with Gasteiger partial charge in [-0.2, -0.15) is 0 Å². The van der Waals surface area contributed by atoms with Crippen molar-refractivity contribution in [2.45, 2.75) is 73.9 Å². The predicted octanol–water partition coefficient (Wildman–Crippen LogP) is 3.68. The van der Waals surface area contributed by atoms with Crippen LogP contribution in [0.3, 0.4) is 0 Å². The van der Waals surface area contributed by atoms with Gasteiger partial charge in [-0.3, -0.25) is 19.2 Å². The summed E-state index contributed by atoms with van der Waals surface area (Å²) in [5, 5.41) is 20.8.